The molecule has 0 radical (unpaired) electrons. The minimum Gasteiger partial charge on any atom is -0.392 e. The monoisotopic (exact) mass is 216 g/mol. The van der Waals surface area contributed by atoms with Crippen LogP contribution in [0.25, 0.3) is 0 Å². The predicted octanol–water partition coefficient (Wildman–Crippen LogP) is 2.33. The third kappa shape index (κ3) is 2.92. The van der Waals surface area contributed by atoms with Crippen LogP contribution in [0.3, 0.4) is 0 Å². The molecule has 90 valence electrons. The second kappa shape index (κ2) is 4.40. The van der Waals surface area contributed by atoms with Crippen molar-refractivity contribution in [2.45, 2.75) is 65.5 Å². The van der Waals surface area contributed by atoms with Crippen LogP contribution >= 0.6 is 0 Å². The van der Waals surface area contributed by atoms with Gasteiger partial charge in [-0.05, 0) is 26.7 Å². The Balaban J connectivity index is 2.70. The van der Waals surface area contributed by atoms with Gasteiger partial charge in [0.15, 0.2) is 5.79 Å². The molecular weight excluding hydrogens is 192 g/mol. The molecule has 0 aromatic carbocycles. The van der Waals surface area contributed by atoms with Crippen LogP contribution in [-0.4, -0.2) is 29.7 Å². The fourth-order valence-corrected chi connectivity index (χ4v) is 2.11. The summed E-state index contributed by atoms with van der Waals surface area (Å²) in [7, 11) is 0. The molecule has 0 aliphatic carbocycles. The van der Waals surface area contributed by atoms with E-state index in [1.807, 2.05) is 20.8 Å². The van der Waals surface area contributed by atoms with Gasteiger partial charge < -0.3 is 14.6 Å². The summed E-state index contributed by atoms with van der Waals surface area (Å²) in [4.78, 5) is 0. The maximum Gasteiger partial charge on any atom is 0.163 e. The zero-order valence-electron chi connectivity index (χ0n) is 10.5. The van der Waals surface area contributed by atoms with Crippen LogP contribution in [0.2, 0.25) is 0 Å². The molecule has 0 aromatic rings. The van der Waals surface area contributed by atoms with Crippen molar-refractivity contribution >= 4 is 0 Å². The lowest BCUT2D eigenvalue weighted by atomic mass is 9.78. The molecule has 1 rings (SSSR count). The van der Waals surface area contributed by atoms with Gasteiger partial charge in [-0.25, -0.2) is 0 Å². The highest BCUT2D eigenvalue weighted by Gasteiger charge is 2.42. The van der Waals surface area contributed by atoms with E-state index in [9.17, 15) is 5.11 Å². The lowest BCUT2D eigenvalue weighted by Crippen LogP contribution is -2.50. The van der Waals surface area contributed by atoms with Gasteiger partial charge in [-0.2, -0.15) is 0 Å². The highest BCUT2D eigenvalue weighted by molar-refractivity contribution is 4.88. The predicted molar refractivity (Wildman–Crippen MR) is 59.6 cm³/mol. The molecular formula is C12H24O3. The molecule has 0 aromatic heterocycles. The highest BCUT2D eigenvalue weighted by Crippen LogP contribution is 2.36. The van der Waals surface area contributed by atoms with E-state index in [1.165, 1.54) is 0 Å². The van der Waals surface area contributed by atoms with Gasteiger partial charge in [-0.1, -0.05) is 20.8 Å². The van der Waals surface area contributed by atoms with Crippen molar-refractivity contribution in [1.82, 2.24) is 0 Å². The largest absolute Gasteiger partial charge is 0.392 e. The van der Waals surface area contributed by atoms with Crippen LogP contribution < -0.4 is 0 Å². The Kier molecular flexibility index (Phi) is 3.80. The fourth-order valence-electron chi connectivity index (χ4n) is 2.11. The standard InChI is InChI=1S/C12H24O3/c1-6-9(13)11(2,3)10-7-8-14-12(4,5)15-10/h9-10,13H,6-8H2,1-5H3. The number of rotatable bonds is 3. The topological polar surface area (TPSA) is 38.7 Å². The number of ether oxygens (including phenoxy) is 2. The van der Waals surface area contributed by atoms with Crippen molar-refractivity contribution in [1.29, 1.82) is 0 Å². The van der Waals surface area contributed by atoms with E-state index in [1.54, 1.807) is 0 Å². The molecule has 0 saturated carbocycles. The Morgan fingerprint density at radius 1 is 1.47 bits per heavy atom. The maximum absolute atomic E-state index is 9.99. The van der Waals surface area contributed by atoms with Crippen molar-refractivity contribution in [3.05, 3.63) is 0 Å². The van der Waals surface area contributed by atoms with Crippen molar-refractivity contribution in [3.8, 4) is 0 Å². The van der Waals surface area contributed by atoms with Crippen LogP contribution in [0.5, 0.6) is 0 Å². The van der Waals surface area contributed by atoms with E-state index in [0.29, 0.717) is 6.61 Å². The summed E-state index contributed by atoms with van der Waals surface area (Å²) in [6.45, 7) is 10.7. The van der Waals surface area contributed by atoms with Gasteiger partial charge in [0, 0.05) is 5.41 Å². The number of hydrogen-bond donors (Lipinski definition) is 1. The van der Waals surface area contributed by atoms with E-state index in [-0.39, 0.29) is 17.6 Å². The van der Waals surface area contributed by atoms with Gasteiger partial charge in [0.05, 0.1) is 18.8 Å². The van der Waals surface area contributed by atoms with Gasteiger partial charge >= 0.3 is 0 Å². The normalized spacial score (nSPS) is 28.8. The van der Waals surface area contributed by atoms with Gasteiger partial charge in [-0.15, -0.1) is 0 Å². The Morgan fingerprint density at radius 3 is 2.53 bits per heavy atom. The van der Waals surface area contributed by atoms with Crippen molar-refractivity contribution in [2.75, 3.05) is 6.61 Å². The second-order valence-corrected chi connectivity index (χ2v) is 5.39. The maximum atomic E-state index is 9.99. The molecule has 15 heavy (non-hydrogen) atoms. The average Bonchev–Trinajstić information content (AvgIpc) is 2.15. The van der Waals surface area contributed by atoms with Crippen LogP contribution in [-0.2, 0) is 9.47 Å². The molecule has 0 amide bonds. The lowest BCUT2D eigenvalue weighted by Gasteiger charge is -2.45. The molecule has 1 aliphatic heterocycles. The first-order valence-electron chi connectivity index (χ1n) is 5.79. The first kappa shape index (κ1) is 12.9. The minimum absolute atomic E-state index is 0.0659. The summed E-state index contributed by atoms with van der Waals surface area (Å²) in [5.74, 6) is -0.520. The zero-order valence-corrected chi connectivity index (χ0v) is 10.5. The van der Waals surface area contributed by atoms with Gasteiger partial charge in [0.25, 0.3) is 0 Å². The van der Waals surface area contributed by atoms with Crippen LogP contribution in [0.1, 0.15) is 47.5 Å². The van der Waals surface area contributed by atoms with E-state index in [0.717, 1.165) is 12.8 Å². The quantitative estimate of drug-likeness (QED) is 0.787. The van der Waals surface area contributed by atoms with Crippen LogP contribution in [0.4, 0.5) is 0 Å². The van der Waals surface area contributed by atoms with E-state index in [2.05, 4.69) is 13.8 Å². The van der Waals surface area contributed by atoms with Crippen LogP contribution in [0, 0.1) is 5.41 Å². The summed E-state index contributed by atoms with van der Waals surface area (Å²) >= 11 is 0. The van der Waals surface area contributed by atoms with E-state index < -0.39 is 5.79 Å². The second-order valence-electron chi connectivity index (χ2n) is 5.39. The highest BCUT2D eigenvalue weighted by atomic mass is 16.7. The SMILES string of the molecule is CCC(O)C(C)(C)C1CCOC(C)(C)O1. The molecule has 2 atom stereocenters. The summed E-state index contributed by atoms with van der Waals surface area (Å²) in [6.07, 6.45) is 1.36. The average molecular weight is 216 g/mol. The van der Waals surface area contributed by atoms with E-state index >= 15 is 0 Å². The molecule has 0 bridgehead atoms. The first-order chi connectivity index (χ1) is 6.79. The number of hydrogen-bond acceptors (Lipinski definition) is 3. The number of aliphatic hydroxyl groups is 1. The van der Waals surface area contributed by atoms with Gasteiger partial charge in [0.1, 0.15) is 0 Å². The Morgan fingerprint density at radius 2 is 2.07 bits per heavy atom. The van der Waals surface area contributed by atoms with Gasteiger partial charge in [-0.3, -0.25) is 0 Å². The molecule has 3 nitrogen and oxygen atoms in total. The molecule has 0 spiro atoms. The molecule has 1 N–H and O–H groups in total. The Hall–Kier alpha value is -0.120. The van der Waals surface area contributed by atoms with E-state index in [4.69, 9.17) is 9.47 Å². The molecule has 1 heterocycles. The summed E-state index contributed by atoms with van der Waals surface area (Å²) in [5.41, 5.74) is -0.212. The van der Waals surface area contributed by atoms with Crippen molar-refractivity contribution in [3.63, 3.8) is 0 Å². The van der Waals surface area contributed by atoms with Crippen molar-refractivity contribution in [2.24, 2.45) is 5.41 Å². The molecule has 1 saturated heterocycles. The molecule has 1 fully saturated rings. The Bertz CT molecular complexity index is 211. The third-order valence-corrected chi connectivity index (χ3v) is 3.33. The molecule has 2 unspecified atom stereocenters. The van der Waals surface area contributed by atoms with Crippen molar-refractivity contribution < 1.29 is 14.6 Å². The summed E-state index contributed by atoms with van der Waals surface area (Å²) in [5, 5.41) is 9.99. The van der Waals surface area contributed by atoms with Gasteiger partial charge in [0.2, 0.25) is 0 Å². The number of aliphatic hydroxyl groups excluding tert-OH is 1. The third-order valence-electron chi connectivity index (χ3n) is 3.33. The first-order valence-corrected chi connectivity index (χ1v) is 5.79. The zero-order chi connectivity index (χ0) is 11.7. The van der Waals surface area contributed by atoms with Crippen LogP contribution in [0.15, 0.2) is 0 Å². The minimum atomic E-state index is -0.520. The Labute approximate surface area is 92.8 Å². The smallest absolute Gasteiger partial charge is 0.163 e. The lowest BCUT2D eigenvalue weighted by molar-refractivity contribution is -0.298. The summed E-state index contributed by atoms with van der Waals surface area (Å²) in [6, 6.07) is 0. The fraction of sp³-hybridized carbons (Fsp3) is 1.00. The summed E-state index contributed by atoms with van der Waals surface area (Å²) < 4.78 is 11.4. The molecule has 1 aliphatic rings. The molecule has 3 heteroatoms.